The molecule has 0 saturated carbocycles. The molecule has 0 aromatic heterocycles. The lowest BCUT2D eigenvalue weighted by molar-refractivity contribution is 0.199. The van der Waals surface area contributed by atoms with Crippen molar-refractivity contribution in [2.45, 2.75) is 20.0 Å². The summed E-state index contributed by atoms with van der Waals surface area (Å²) in [4.78, 5) is 0. The maximum absolute atomic E-state index is 9.46. The minimum absolute atomic E-state index is 0.417. The van der Waals surface area contributed by atoms with Crippen molar-refractivity contribution in [3.05, 3.63) is 54.1 Å². The Balaban J connectivity index is 2.20. The quantitative estimate of drug-likeness (QED) is 0.883. The third-order valence-electron chi connectivity index (χ3n) is 2.89. The van der Waals surface area contributed by atoms with Gasteiger partial charge in [-0.3, -0.25) is 0 Å². The molecule has 94 valence electrons. The third kappa shape index (κ3) is 2.90. The van der Waals surface area contributed by atoms with Gasteiger partial charge in [-0.25, -0.2) is 0 Å². The summed E-state index contributed by atoms with van der Waals surface area (Å²) in [5.74, 6) is 0.891. The van der Waals surface area contributed by atoms with Gasteiger partial charge in [-0.1, -0.05) is 36.4 Å². The monoisotopic (exact) mass is 242 g/mol. The van der Waals surface area contributed by atoms with Crippen LogP contribution in [0, 0.1) is 0 Å². The molecule has 1 atom stereocenters. The summed E-state index contributed by atoms with van der Waals surface area (Å²) in [6.45, 7) is 4.43. The fourth-order valence-corrected chi connectivity index (χ4v) is 1.86. The van der Waals surface area contributed by atoms with Crippen molar-refractivity contribution in [2.24, 2.45) is 0 Å². The first-order valence-corrected chi connectivity index (χ1v) is 6.22. The molecule has 2 heteroatoms. The summed E-state index contributed by atoms with van der Waals surface area (Å²) < 4.78 is 5.41. The molecule has 0 radical (unpaired) electrons. The Kier molecular flexibility index (Phi) is 4.00. The normalized spacial score (nSPS) is 12.2. The topological polar surface area (TPSA) is 29.5 Å². The number of hydrogen-bond donors (Lipinski definition) is 1. The van der Waals surface area contributed by atoms with Gasteiger partial charge in [0.25, 0.3) is 0 Å². The molecule has 0 heterocycles. The van der Waals surface area contributed by atoms with Gasteiger partial charge in [0.2, 0.25) is 0 Å². The molecule has 1 N–H and O–H groups in total. The zero-order chi connectivity index (χ0) is 13.0. The molecule has 1 unspecified atom stereocenters. The SMILES string of the molecule is CCOc1ccc(-c2ccc(C(C)O)cc2)cc1. The molecule has 0 aliphatic heterocycles. The molecular weight excluding hydrogens is 224 g/mol. The molecule has 0 fully saturated rings. The molecule has 0 saturated heterocycles. The molecule has 0 aliphatic carbocycles. The van der Waals surface area contributed by atoms with Gasteiger partial charge in [-0.05, 0) is 42.7 Å². The van der Waals surface area contributed by atoms with E-state index in [1.54, 1.807) is 6.92 Å². The Morgan fingerprint density at radius 3 is 1.89 bits per heavy atom. The first kappa shape index (κ1) is 12.7. The van der Waals surface area contributed by atoms with Crippen LogP contribution < -0.4 is 4.74 Å². The highest BCUT2D eigenvalue weighted by molar-refractivity contribution is 5.64. The van der Waals surface area contributed by atoms with Crippen LogP contribution in [0.15, 0.2) is 48.5 Å². The van der Waals surface area contributed by atoms with E-state index in [1.807, 2.05) is 55.5 Å². The average Bonchev–Trinajstić information content (AvgIpc) is 2.40. The Morgan fingerprint density at radius 2 is 1.44 bits per heavy atom. The molecular formula is C16H18O2. The average molecular weight is 242 g/mol. The Morgan fingerprint density at radius 1 is 0.944 bits per heavy atom. The maximum Gasteiger partial charge on any atom is 0.119 e. The number of hydrogen-bond acceptors (Lipinski definition) is 2. The second kappa shape index (κ2) is 5.69. The van der Waals surface area contributed by atoms with Gasteiger partial charge >= 0.3 is 0 Å². The molecule has 2 aromatic rings. The van der Waals surface area contributed by atoms with Crippen molar-refractivity contribution in [3.8, 4) is 16.9 Å². The van der Waals surface area contributed by atoms with Crippen LogP contribution in [-0.2, 0) is 0 Å². The van der Waals surface area contributed by atoms with Gasteiger partial charge in [-0.15, -0.1) is 0 Å². The number of aliphatic hydroxyl groups is 1. The third-order valence-corrected chi connectivity index (χ3v) is 2.89. The fraction of sp³-hybridized carbons (Fsp3) is 0.250. The molecule has 2 aromatic carbocycles. The molecule has 0 amide bonds. The summed E-state index contributed by atoms with van der Waals surface area (Å²) in [5.41, 5.74) is 3.22. The lowest BCUT2D eigenvalue weighted by Crippen LogP contribution is -1.91. The summed E-state index contributed by atoms with van der Waals surface area (Å²) in [5, 5.41) is 9.46. The van der Waals surface area contributed by atoms with Crippen molar-refractivity contribution in [3.63, 3.8) is 0 Å². The summed E-state index contributed by atoms with van der Waals surface area (Å²) in [6.07, 6.45) is -0.417. The van der Waals surface area contributed by atoms with Crippen molar-refractivity contribution in [2.75, 3.05) is 6.61 Å². The summed E-state index contributed by atoms with van der Waals surface area (Å²) in [7, 11) is 0. The number of ether oxygens (including phenoxy) is 1. The van der Waals surface area contributed by atoms with Gasteiger partial charge in [-0.2, -0.15) is 0 Å². The molecule has 18 heavy (non-hydrogen) atoms. The fourth-order valence-electron chi connectivity index (χ4n) is 1.86. The predicted molar refractivity (Wildman–Crippen MR) is 73.7 cm³/mol. The van der Waals surface area contributed by atoms with E-state index in [2.05, 4.69) is 0 Å². The van der Waals surface area contributed by atoms with Crippen LogP contribution in [0.25, 0.3) is 11.1 Å². The van der Waals surface area contributed by atoms with Gasteiger partial charge in [0.05, 0.1) is 12.7 Å². The second-order valence-electron chi connectivity index (χ2n) is 4.26. The highest BCUT2D eigenvalue weighted by atomic mass is 16.5. The maximum atomic E-state index is 9.46. The molecule has 0 bridgehead atoms. The summed E-state index contributed by atoms with van der Waals surface area (Å²) in [6, 6.07) is 16.0. The highest BCUT2D eigenvalue weighted by Gasteiger charge is 2.02. The standard InChI is InChI=1S/C16H18O2/c1-3-18-16-10-8-15(9-11-16)14-6-4-13(5-7-14)12(2)17/h4-12,17H,3H2,1-2H3. The molecule has 2 nitrogen and oxygen atoms in total. The van der Waals surface area contributed by atoms with Crippen molar-refractivity contribution in [1.29, 1.82) is 0 Å². The molecule has 0 aliphatic rings. The first-order chi connectivity index (χ1) is 8.70. The van der Waals surface area contributed by atoms with Crippen LogP contribution in [0.1, 0.15) is 25.5 Å². The zero-order valence-corrected chi connectivity index (χ0v) is 10.8. The van der Waals surface area contributed by atoms with E-state index in [1.165, 1.54) is 0 Å². The van der Waals surface area contributed by atoms with E-state index in [4.69, 9.17) is 4.74 Å². The molecule has 2 rings (SSSR count). The number of aliphatic hydroxyl groups excluding tert-OH is 1. The Labute approximate surface area is 108 Å². The van der Waals surface area contributed by atoms with Crippen molar-refractivity contribution < 1.29 is 9.84 Å². The Bertz CT molecular complexity index is 484. The Hall–Kier alpha value is -1.80. The molecule has 0 spiro atoms. The zero-order valence-electron chi connectivity index (χ0n) is 10.8. The predicted octanol–water partition coefficient (Wildman–Crippen LogP) is 3.81. The van der Waals surface area contributed by atoms with Crippen LogP contribution in [0.4, 0.5) is 0 Å². The van der Waals surface area contributed by atoms with Gasteiger partial charge in [0.1, 0.15) is 5.75 Å². The highest BCUT2D eigenvalue weighted by Crippen LogP contribution is 2.24. The van der Waals surface area contributed by atoms with Crippen LogP contribution in [0.5, 0.6) is 5.75 Å². The van der Waals surface area contributed by atoms with Gasteiger partial charge in [0.15, 0.2) is 0 Å². The van der Waals surface area contributed by atoms with E-state index >= 15 is 0 Å². The van der Waals surface area contributed by atoms with Gasteiger partial charge in [0, 0.05) is 0 Å². The largest absolute Gasteiger partial charge is 0.494 e. The van der Waals surface area contributed by atoms with E-state index in [0.717, 1.165) is 22.4 Å². The lowest BCUT2D eigenvalue weighted by Gasteiger charge is -2.07. The summed E-state index contributed by atoms with van der Waals surface area (Å²) >= 11 is 0. The number of benzene rings is 2. The second-order valence-corrected chi connectivity index (χ2v) is 4.26. The van der Waals surface area contributed by atoms with Crippen LogP contribution in [0.2, 0.25) is 0 Å². The smallest absolute Gasteiger partial charge is 0.119 e. The number of rotatable bonds is 4. The van der Waals surface area contributed by atoms with Crippen molar-refractivity contribution >= 4 is 0 Å². The van der Waals surface area contributed by atoms with Crippen LogP contribution in [0.3, 0.4) is 0 Å². The first-order valence-electron chi connectivity index (χ1n) is 6.22. The minimum Gasteiger partial charge on any atom is -0.494 e. The van der Waals surface area contributed by atoms with Crippen molar-refractivity contribution in [1.82, 2.24) is 0 Å². The van der Waals surface area contributed by atoms with E-state index < -0.39 is 6.10 Å². The van der Waals surface area contributed by atoms with Crippen LogP contribution in [-0.4, -0.2) is 11.7 Å². The van der Waals surface area contributed by atoms with E-state index in [0.29, 0.717) is 6.61 Å². The van der Waals surface area contributed by atoms with Gasteiger partial charge < -0.3 is 9.84 Å². The lowest BCUT2D eigenvalue weighted by atomic mass is 10.0. The van der Waals surface area contributed by atoms with E-state index in [-0.39, 0.29) is 0 Å². The van der Waals surface area contributed by atoms with Crippen LogP contribution >= 0.6 is 0 Å². The van der Waals surface area contributed by atoms with E-state index in [9.17, 15) is 5.11 Å². The minimum atomic E-state index is -0.417.